The molecule has 0 fully saturated rings. The van der Waals surface area contributed by atoms with Crippen LogP contribution in [0, 0.1) is 0 Å². The second kappa shape index (κ2) is 2.99. The summed E-state index contributed by atoms with van der Waals surface area (Å²) in [7, 11) is 0. The van der Waals surface area contributed by atoms with Gasteiger partial charge in [-0.05, 0) is 12.3 Å². The summed E-state index contributed by atoms with van der Waals surface area (Å²) in [5, 5.41) is 13.1. The maximum Gasteiger partial charge on any atom is 0.110 e. The molecule has 0 spiro atoms. The van der Waals surface area contributed by atoms with Crippen molar-refractivity contribution in [3.63, 3.8) is 0 Å². The molecule has 0 saturated heterocycles. The van der Waals surface area contributed by atoms with Gasteiger partial charge in [-0.2, -0.15) is 0 Å². The zero-order valence-electron chi connectivity index (χ0n) is 6.82. The number of thioether (sulfide) groups is 1. The van der Waals surface area contributed by atoms with Crippen LogP contribution in [0.3, 0.4) is 0 Å². The van der Waals surface area contributed by atoms with E-state index in [-0.39, 0.29) is 11.5 Å². The molecule has 0 aromatic heterocycles. The van der Waals surface area contributed by atoms with Crippen LogP contribution in [0.5, 0.6) is 0 Å². The molecule has 0 amide bonds. The number of para-hydroxylation sites is 1. The van der Waals surface area contributed by atoms with Gasteiger partial charge in [0.25, 0.3) is 0 Å². The molecule has 0 radical (unpaired) electrons. The van der Waals surface area contributed by atoms with Gasteiger partial charge in [0.15, 0.2) is 0 Å². The van der Waals surface area contributed by atoms with Gasteiger partial charge in [-0.1, -0.05) is 18.2 Å². The van der Waals surface area contributed by atoms with E-state index in [1.165, 1.54) is 0 Å². The second-order valence-corrected chi connectivity index (χ2v) is 3.81. The van der Waals surface area contributed by atoms with Crippen molar-refractivity contribution >= 4 is 17.4 Å². The Morgan fingerprint density at radius 2 is 2.17 bits per heavy atom. The monoisotopic (exact) mass is 181 g/mol. The Kier molecular flexibility index (Phi) is 1.98. The summed E-state index contributed by atoms with van der Waals surface area (Å²) in [4.78, 5) is 0. The molecule has 2 nitrogen and oxygen atoms in total. The zero-order chi connectivity index (χ0) is 8.55. The number of anilines is 1. The Morgan fingerprint density at radius 1 is 1.42 bits per heavy atom. The fourth-order valence-corrected chi connectivity index (χ4v) is 2.12. The van der Waals surface area contributed by atoms with Crippen molar-refractivity contribution in [2.75, 3.05) is 11.6 Å². The Labute approximate surface area is 76.0 Å². The number of fused-ring (bicyclic) bond motifs is 1. The SMILES string of the molecule is CSC1Nc2ccccc2C1O. The molecule has 2 rings (SSSR count). The Morgan fingerprint density at radius 3 is 2.83 bits per heavy atom. The van der Waals surface area contributed by atoms with E-state index in [1.807, 2.05) is 30.5 Å². The van der Waals surface area contributed by atoms with Gasteiger partial charge in [0.2, 0.25) is 0 Å². The van der Waals surface area contributed by atoms with E-state index in [2.05, 4.69) is 5.32 Å². The highest BCUT2D eigenvalue weighted by atomic mass is 32.2. The molecule has 0 saturated carbocycles. The quantitative estimate of drug-likeness (QED) is 0.693. The summed E-state index contributed by atoms with van der Waals surface area (Å²) in [6.45, 7) is 0. The lowest BCUT2D eigenvalue weighted by atomic mass is 10.1. The summed E-state index contributed by atoms with van der Waals surface area (Å²) in [6.07, 6.45) is 1.63. The van der Waals surface area contributed by atoms with E-state index in [0.717, 1.165) is 11.3 Å². The van der Waals surface area contributed by atoms with E-state index in [0.29, 0.717) is 0 Å². The molecule has 0 bridgehead atoms. The van der Waals surface area contributed by atoms with Gasteiger partial charge in [-0.15, -0.1) is 11.8 Å². The average Bonchev–Trinajstić information content (AvgIpc) is 2.44. The molecule has 1 aliphatic heterocycles. The summed E-state index contributed by atoms with van der Waals surface area (Å²) in [5.41, 5.74) is 2.07. The Hall–Kier alpha value is -0.670. The van der Waals surface area contributed by atoms with E-state index >= 15 is 0 Å². The maximum atomic E-state index is 9.76. The van der Waals surface area contributed by atoms with E-state index < -0.39 is 0 Å². The number of hydrogen-bond acceptors (Lipinski definition) is 3. The van der Waals surface area contributed by atoms with Crippen LogP contribution in [0.4, 0.5) is 5.69 Å². The summed E-state index contributed by atoms with van der Waals surface area (Å²) in [5.74, 6) is 0. The molecule has 1 aromatic rings. The smallest absolute Gasteiger partial charge is 0.110 e. The van der Waals surface area contributed by atoms with Gasteiger partial charge in [0.1, 0.15) is 11.5 Å². The van der Waals surface area contributed by atoms with Gasteiger partial charge in [0.05, 0.1) is 0 Å². The van der Waals surface area contributed by atoms with Crippen LogP contribution in [0.1, 0.15) is 11.7 Å². The van der Waals surface area contributed by atoms with Crippen LogP contribution >= 0.6 is 11.8 Å². The maximum absolute atomic E-state index is 9.76. The Bertz CT molecular complexity index is 290. The number of benzene rings is 1. The number of aliphatic hydroxyl groups is 1. The minimum Gasteiger partial charge on any atom is -0.385 e. The molecule has 12 heavy (non-hydrogen) atoms. The van der Waals surface area contributed by atoms with Gasteiger partial charge < -0.3 is 10.4 Å². The zero-order valence-corrected chi connectivity index (χ0v) is 7.64. The third-order valence-corrected chi connectivity index (χ3v) is 3.00. The lowest BCUT2D eigenvalue weighted by Crippen LogP contribution is -2.14. The molecule has 0 aliphatic carbocycles. The highest BCUT2D eigenvalue weighted by Gasteiger charge is 2.28. The third-order valence-electron chi connectivity index (χ3n) is 2.12. The molecule has 1 heterocycles. The summed E-state index contributed by atoms with van der Waals surface area (Å²) < 4.78 is 0. The standard InChI is InChI=1S/C9H11NOS/c1-12-9-8(11)6-4-2-3-5-7(6)10-9/h2-5,8-11H,1H3. The highest BCUT2D eigenvalue weighted by molar-refractivity contribution is 7.99. The van der Waals surface area contributed by atoms with Crippen LogP contribution < -0.4 is 5.32 Å². The molecule has 2 unspecified atom stereocenters. The average molecular weight is 181 g/mol. The first kappa shape index (κ1) is 7.95. The first-order valence-corrected chi connectivity index (χ1v) is 5.18. The molecule has 1 aliphatic rings. The second-order valence-electron chi connectivity index (χ2n) is 2.83. The molecule has 2 atom stereocenters. The molecule has 2 N–H and O–H groups in total. The molecule has 3 heteroatoms. The van der Waals surface area contributed by atoms with Crippen LogP contribution in [0.25, 0.3) is 0 Å². The van der Waals surface area contributed by atoms with Crippen molar-refractivity contribution in [1.29, 1.82) is 0 Å². The Balaban J connectivity index is 2.35. The predicted molar refractivity (Wildman–Crippen MR) is 52.3 cm³/mol. The van der Waals surface area contributed by atoms with Crippen LogP contribution in [-0.2, 0) is 0 Å². The number of rotatable bonds is 1. The van der Waals surface area contributed by atoms with Crippen molar-refractivity contribution in [2.45, 2.75) is 11.5 Å². The van der Waals surface area contributed by atoms with Gasteiger partial charge in [-0.25, -0.2) is 0 Å². The number of hydrogen-bond donors (Lipinski definition) is 2. The lowest BCUT2D eigenvalue weighted by molar-refractivity contribution is 0.190. The van der Waals surface area contributed by atoms with Crippen LogP contribution in [0.15, 0.2) is 24.3 Å². The molecular formula is C9H11NOS. The third kappa shape index (κ3) is 1.09. The van der Waals surface area contributed by atoms with Crippen molar-refractivity contribution in [1.82, 2.24) is 0 Å². The van der Waals surface area contributed by atoms with Crippen molar-refractivity contribution in [3.8, 4) is 0 Å². The van der Waals surface area contributed by atoms with E-state index in [4.69, 9.17) is 0 Å². The minimum absolute atomic E-state index is 0.113. The van der Waals surface area contributed by atoms with Crippen molar-refractivity contribution < 1.29 is 5.11 Å². The van der Waals surface area contributed by atoms with E-state index in [9.17, 15) is 5.11 Å². The first-order valence-electron chi connectivity index (χ1n) is 3.89. The van der Waals surface area contributed by atoms with Gasteiger partial charge in [-0.3, -0.25) is 0 Å². The number of aliphatic hydroxyl groups excluding tert-OH is 1. The van der Waals surface area contributed by atoms with Crippen molar-refractivity contribution in [2.24, 2.45) is 0 Å². The van der Waals surface area contributed by atoms with Crippen LogP contribution in [0.2, 0.25) is 0 Å². The fourth-order valence-electron chi connectivity index (χ4n) is 1.47. The minimum atomic E-state index is -0.365. The van der Waals surface area contributed by atoms with Crippen molar-refractivity contribution in [3.05, 3.63) is 29.8 Å². The molecule has 1 aromatic carbocycles. The predicted octanol–water partition coefficient (Wildman–Crippen LogP) is 1.83. The molecule has 64 valence electrons. The topological polar surface area (TPSA) is 32.3 Å². The largest absolute Gasteiger partial charge is 0.385 e. The summed E-state index contributed by atoms with van der Waals surface area (Å²) in [6, 6.07) is 7.88. The van der Waals surface area contributed by atoms with Gasteiger partial charge >= 0.3 is 0 Å². The molecular weight excluding hydrogens is 170 g/mol. The first-order chi connectivity index (χ1) is 5.83. The lowest BCUT2D eigenvalue weighted by Gasteiger charge is -2.11. The van der Waals surface area contributed by atoms with Gasteiger partial charge in [0, 0.05) is 11.3 Å². The summed E-state index contributed by atoms with van der Waals surface area (Å²) >= 11 is 1.64. The normalized spacial score (nSPS) is 26.5. The number of nitrogens with one attached hydrogen (secondary N) is 1. The van der Waals surface area contributed by atoms with E-state index in [1.54, 1.807) is 11.8 Å². The van der Waals surface area contributed by atoms with Crippen LogP contribution in [-0.4, -0.2) is 16.7 Å². The highest BCUT2D eigenvalue weighted by Crippen LogP contribution is 2.37. The fraction of sp³-hybridized carbons (Fsp3) is 0.333.